The molecule has 0 radical (unpaired) electrons. The third kappa shape index (κ3) is 20.7. The summed E-state index contributed by atoms with van der Waals surface area (Å²) in [5, 5.41) is 17.2. The molecule has 0 heterocycles. The van der Waals surface area contributed by atoms with Crippen LogP contribution in [0.25, 0.3) is 0 Å². The summed E-state index contributed by atoms with van der Waals surface area (Å²) in [4.78, 5) is 45.5. The van der Waals surface area contributed by atoms with Crippen molar-refractivity contribution in [3.05, 3.63) is 0 Å². The second-order valence-corrected chi connectivity index (χ2v) is 9.95. The second-order valence-electron chi connectivity index (χ2n) is 9.95. The van der Waals surface area contributed by atoms with E-state index < -0.39 is 23.0 Å². The van der Waals surface area contributed by atoms with Crippen molar-refractivity contribution in [2.45, 2.75) is 58.6 Å². The lowest BCUT2D eigenvalue weighted by Crippen LogP contribution is -2.35. The Hall–Kier alpha value is -1.96. The van der Waals surface area contributed by atoms with Gasteiger partial charge in [0, 0.05) is 24.9 Å². The summed E-state index contributed by atoms with van der Waals surface area (Å²) >= 11 is 0. The van der Waals surface area contributed by atoms with Gasteiger partial charge in [0.15, 0.2) is 0 Å². The number of rotatable bonds is 25. The molecule has 4 N–H and O–H groups in total. The van der Waals surface area contributed by atoms with Crippen molar-refractivity contribution in [1.29, 1.82) is 0 Å². The number of ether oxygens (including phenoxy) is 4. The fraction of sp³-hybridized carbons (Fsp3) is 0.840. The van der Waals surface area contributed by atoms with Crippen molar-refractivity contribution < 1.29 is 43.2 Å². The Bertz CT molecular complexity index is 672. The summed E-state index contributed by atoms with van der Waals surface area (Å²) in [5.74, 6) is -1.28. The van der Waals surface area contributed by atoms with Gasteiger partial charge in [0.05, 0.1) is 51.8 Å². The lowest BCUT2D eigenvalue weighted by Gasteiger charge is -2.31. The molecule has 0 aromatic carbocycles. The van der Waals surface area contributed by atoms with Crippen LogP contribution >= 0.6 is 0 Å². The molecule has 0 spiro atoms. The first kappa shape index (κ1) is 35.0. The van der Waals surface area contributed by atoms with Gasteiger partial charge in [-0.1, -0.05) is 13.8 Å². The van der Waals surface area contributed by atoms with Crippen molar-refractivity contribution in [3.8, 4) is 0 Å². The van der Waals surface area contributed by atoms with Crippen LogP contribution in [-0.4, -0.2) is 114 Å². The third-order valence-electron chi connectivity index (χ3n) is 5.20. The van der Waals surface area contributed by atoms with E-state index in [0.29, 0.717) is 52.5 Å². The maximum absolute atomic E-state index is 11.8. The fourth-order valence-electron chi connectivity index (χ4n) is 3.52. The number of hydrogen-bond acceptors (Lipinski definition) is 10. The molecule has 0 aliphatic carbocycles. The zero-order chi connectivity index (χ0) is 28.2. The van der Waals surface area contributed by atoms with E-state index in [0.717, 1.165) is 6.29 Å². The minimum absolute atomic E-state index is 0.0614. The summed E-state index contributed by atoms with van der Waals surface area (Å²) < 4.78 is 21.9. The van der Waals surface area contributed by atoms with Crippen LogP contribution in [0.1, 0.15) is 47.0 Å². The van der Waals surface area contributed by atoms with Gasteiger partial charge in [-0.25, -0.2) is 0 Å². The highest BCUT2D eigenvalue weighted by Crippen LogP contribution is 2.28. The minimum Gasteiger partial charge on any atom is -0.480 e. The van der Waals surface area contributed by atoms with Crippen LogP contribution in [0.3, 0.4) is 0 Å². The highest BCUT2D eigenvalue weighted by molar-refractivity contribution is 5.81. The average Bonchev–Trinajstić information content (AvgIpc) is 2.81. The number of Topliss-reactive ketones (excluding diaryl/α,β-unsaturated/α-hetero) is 1. The molecule has 1 unspecified atom stereocenters. The van der Waals surface area contributed by atoms with E-state index >= 15 is 0 Å². The number of amides is 1. The summed E-state index contributed by atoms with van der Waals surface area (Å²) in [5.41, 5.74) is -0.870. The molecule has 216 valence electrons. The molecule has 0 aromatic heterocycles. The number of hydrogen-bond donors (Lipinski definition) is 4. The van der Waals surface area contributed by atoms with Gasteiger partial charge in [-0.05, 0) is 33.7 Å². The normalized spacial score (nSPS) is 12.8. The Morgan fingerprint density at radius 3 is 2.16 bits per heavy atom. The first-order valence-electron chi connectivity index (χ1n) is 12.6. The predicted octanol–water partition coefficient (Wildman–Crippen LogP) is 0.174. The van der Waals surface area contributed by atoms with Crippen LogP contribution in [0.5, 0.6) is 0 Å². The molecule has 37 heavy (non-hydrogen) atoms. The Kier molecular flexibility index (Phi) is 19.0. The summed E-state index contributed by atoms with van der Waals surface area (Å²) in [6, 6.07) is -0.722. The van der Waals surface area contributed by atoms with Crippen molar-refractivity contribution in [3.63, 3.8) is 0 Å². The Balaban J connectivity index is 3.55. The quantitative estimate of drug-likeness (QED) is 0.0935. The van der Waals surface area contributed by atoms with E-state index in [9.17, 15) is 19.2 Å². The summed E-state index contributed by atoms with van der Waals surface area (Å²) in [6.07, 6.45) is 1.98. The second kappa shape index (κ2) is 20.1. The molecule has 0 fully saturated rings. The van der Waals surface area contributed by atoms with Gasteiger partial charge < -0.3 is 44.8 Å². The number of nitrogens with one attached hydrogen (secondary N) is 3. The van der Waals surface area contributed by atoms with E-state index in [-0.39, 0.29) is 44.3 Å². The van der Waals surface area contributed by atoms with E-state index in [4.69, 9.17) is 24.1 Å². The molecule has 12 nitrogen and oxygen atoms in total. The Morgan fingerprint density at radius 2 is 1.54 bits per heavy atom. The highest BCUT2D eigenvalue weighted by atomic mass is 16.5. The van der Waals surface area contributed by atoms with Crippen LogP contribution in [0.15, 0.2) is 0 Å². The Labute approximate surface area is 220 Å². The fourth-order valence-corrected chi connectivity index (χ4v) is 3.52. The molecule has 0 aliphatic rings. The van der Waals surface area contributed by atoms with Gasteiger partial charge in [0.25, 0.3) is 0 Å². The predicted molar refractivity (Wildman–Crippen MR) is 138 cm³/mol. The zero-order valence-electron chi connectivity index (χ0n) is 23.1. The zero-order valence-corrected chi connectivity index (χ0v) is 23.1. The van der Waals surface area contributed by atoms with Gasteiger partial charge >= 0.3 is 5.97 Å². The monoisotopic (exact) mass is 533 g/mol. The molecule has 0 aromatic rings. The number of ketones is 1. The van der Waals surface area contributed by atoms with Crippen molar-refractivity contribution >= 4 is 23.9 Å². The first-order valence-corrected chi connectivity index (χ1v) is 12.6. The molecule has 0 bridgehead atoms. The number of carboxylic acids is 1. The molecule has 1 amide bonds. The standard InChI is InChI=1S/C25H47N3O9/c1-24(2,19-29)18-25(3,4)37-15-14-35-11-9-28-22(31)17-36-13-12-34-10-8-27-16-20(30)6-7-21(26-5)23(32)33/h19,21,26-27H,6-18H2,1-5H3,(H,28,31)(H,32,33). The van der Waals surface area contributed by atoms with Crippen LogP contribution < -0.4 is 16.0 Å². The smallest absolute Gasteiger partial charge is 0.320 e. The number of likely N-dealkylation sites (N-methyl/N-ethyl adjacent to an activating group) is 1. The van der Waals surface area contributed by atoms with Crippen molar-refractivity contribution in [1.82, 2.24) is 16.0 Å². The molecular formula is C25H47N3O9. The van der Waals surface area contributed by atoms with Crippen LogP contribution in [0.2, 0.25) is 0 Å². The van der Waals surface area contributed by atoms with Crippen LogP contribution in [0.4, 0.5) is 0 Å². The molecule has 0 saturated carbocycles. The number of carbonyl (C=O) groups is 4. The molecule has 0 saturated heterocycles. The van der Waals surface area contributed by atoms with E-state index in [1.165, 1.54) is 0 Å². The number of carbonyl (C=O) groups excluding carboxylic acids is 3. The number of aliphatic carboxylic acids is 1. The van der Waals surface area contributed by atoms with Crippen LogP contribution in [0, 0.1) is 5.41 Å². The van der Waals surface area contributed by atoms with Crippen LogP contribution in [-0.2, 0) is 38.1 Å². The van der Waals surface area contributed by atoms with Gasteiger partial charge in [0.1, 0.15) is 24.7 Å². The minimum atomic E-state index is -0.972. The van der Waals surface area contributed by atoms with Crippen molar-refractivity contribution in [2.24, 2.45) is 5.41 Å². The maximum Gasteiger partial charge on any atom is 0.320 e. The SMILES string of the molecule is CNC(CCC(=O)CNCCOCCOCC(=O)NCCOCCOC(C)(C)CC(C)(C)C=O)C(=O)O. The molecular weight excluding hydrogens is 486 g/mol. The first-order chi connectivity index (χ1) is 17.4. The lowest BCUT2D eigenvalue weighted by molar-refractivity contribution is -0.139. The maximum atomic E-state index is 11.8. The molecule has 1 atom stereocenters. The summed E-state index contributed by atoms with van der Waals surface area (Å²) in [6.45, 7) is 10.6. The highest BCUT2D eigenvalue weighted by Gasteiger charge is 2.29. The number of aldehydes is 1. The number of carboxylic acid groups (broad SMARTS) is 1. The van der Waals surface area contributed by atoms with Gasteiger partial charge in [0.2, 0.25) is 5.91 Å². The average molecular weight is 534 g/mol. The Morgan fingerprint density at radius 1 is 0.919 bits per heavy atom. The van der Waals surface area contributed by atoms with Gasteiger partial charge in [-0.3, -0.25) is 14.4 Å². The van der Waals surface area contributed by atoms with E-state index in [1.54, 1.807) is 7.05 Å². The lowest BCUT2D eigenvalue weighted by atomic mass is 9.83. The van der Waals surface area contributed by atoms with Crippen molar-refractivity contribution in [2.75, 3.05) is 72.9 Å². The van der Waals surface area contributed by atoms with Gasteiger partial charge in [-0.15, -0.1) is 0 Å². The molecule has 0 rings (SSSR count). The topological polar surface area (TPSA) is 162 Å². The third-order valence-corrected chi connectivity index (χ3v) is 5.20. The van der Waals surface area contributed by atoms with E-state index in [2.05, 4.69) is 16.0 Å². The molecule has 0 aliphatic heterocycles. The summed E-state index contributed by atoms with van der Waals surface area (Å²) in [7, 11) is 1.55. The van der Waals surface area contributed by atoms with Gasteiger partial charge in [-0.2, -0.15) is 0 Å². The molecule has 12 heteroatoms. The van der Waals surface area contributed by atoms with E-state index in [1.807, 2.05) is 27.7 Å². The largest absolute Gasteiger partial charge is 0.480 e.